The van der Waals surface area contributed by atoms with Gasteiger partial charge in [0.1, 0.15) is 5.60 Å². The third kappa shape index (κ3) is 9.03. The van der Waals surface area contributed by atoms with Crippen LogP contribution in [-0.4, -0.2) is 44.3 Å². The molecule has 1 aliphatic carbocycles. The molecule has 8 nitrogen and oxygen atoms in total. The van der Waals surface area contributed by atoms with Crippen molar-refractivity contribution in [2.75, 3.05) is 0 Å². The van der Waals surface area contributed by atoms with Gasteiger partial charge in [-0.25, -0.2) is 23.1 Å². The number of hydrogen-bond donors (Lipinski definition) is 2. The van der Waals surface area contributed by atoms with E-state index in [1.54, 1.807) is 33.0 Å². The SMILES string of the molecule is CC(C)[C@@H](NC(=O)CCC(F)(F)F)c1cnn2cc([C@@H](NC(=O)OC(C)(C)C)C3CCC(F)(F)CC3)nc2c1. The maximum absolute atomic E-state index is 13.9. The van der Waals surface area contributed by atoms with Crippen molar-refractivity contribution < 1.29 is 36.3 Å². The Hall–Kier alpha value is -2.99. The fourth-order valence-corrected chi connectivity index (χ4v) is 4.63. The van der Waals surface area contributed by atoms with Gasteiger partial charge in [-0.2, -0.15) is 18.3 Å². The van der Waals surface area contributed by atoms with Crippen LogP contribution in [0.15, 0.2) is 18.5 Å². The van der Waals surface area contributed by atoms with E-state index in [1.807, 2.05) is 13.8 Å². The highest BCUT2D eigenvalue weighted by Crippen LogP contribution is 2.41. The molecule has 0 unspecified atom stereocenters. The maximum atomic E-state index is 13.9. The Morgan fingerprint density at radius 2 is 1.79 bits per heavy atom. The van der Waals surface area contributed by atoms with Crippen LogP contribution in [0.25, 0.3) is 5.65 Å². The molecule has 3 rings (SSSR count). The average molecular weight is 562 g/mol. The lowest BCUT2D eigenvalue weighted by atomic mass is 9.81. The molecule has 0 spiro atoms. The summed E-state index contributed by atoms with van der Waals surface area (Å²) in [5.74, 6) is -3.95. The molecule has 2 amide bonds. The number of carbonyl (C=O) groups is 2. The zero-order chi connectivity index (χ0) is 29.2. The Balaban J connectivity index is 1.86. The fourth-order valence-electron chi connectivity index (χ4n) is 4.63. The summed E-state index contributed by atoms with van der Waals surface area (Å²) in [5, 5.41) is 9.79. The molecule has 0 bridgehead atoms. The first-order chi connectivity index (χ1) is 17.9. The molecule has 2 aromatic rings. The highest BCUT2D eigenvalue weighted by molar-refractivity contribution is 5.76. The van der Waals surface area contributed by atoms with Gasteiger partial charge in [-0.1, -0.05) is 13.8 Å². The maximum Gasteiger partial charge on any atom is 0.408 e. The van der Waals surface area contributed by atoms with Gasteiger partial charge in [-0.05, 0) is 57.1 Å². The van der Waals surface area contributed by atoms with E-state index in [1.165, 1.54) is 10.7 Å². The first-order valence-corrected chi connectivity index (χ1v) is 13.0. The van der Waals surface area contributed by atoms with Gasteiger partial charge in [0.05, 0.1) is 36.6 Å². The summed E-state index contributed by atoms with van der Waals surface area (Å²) in [6.07, 6.45) is -4.19. The van der Waals surface area contributed by atoms with Gasteiger partial charge in [0.2, 0.25) is 11.8 Å². The molecule has 0 radical (unpaired) electrons. The molecule has 1 fully saturated rings. The number of ether oxygens (including phenoxy) is 1. The summed E-state index contributed by atoms with van der Waals surface area (Å²) in [7, 11) is 0. The van der Waals surface area contributed by atoms with Gasteiger partial charge in [-0.3, -0.25) is 4.79 Å². The van der Waals surface area contributed by atoms with Crippen molar-refractivity contribution in [3.8, 4) is 0 Å². The zero-order valence-corrected chi connectivity index (χ0v) is 22.7. The van der Waals surface area contributed by atoms with Crippen molar-refractivity contribution >= 4 is 17.6 Å². The minimum atomic E-state index is -4.44. The summed E-state index contributed by atoms with van der Waals surface area (Å²) >= 11 is 0. The first-order valence-electron chi connectivity index (χ1n) is 13.0. The molecule has 2 heterocycles. The Labute approximate surface area is 224 Å². The highest BCUT2D eigenvalue weighted by Gasteiger charge is 2.40. The second-order valence-electron chi connectivity index (χ2n) is 11.5. The van der Waals surface area contributed by atoms with E-state index in [4.69, 9.17) is 4.74 Å². The molecule has 39 heavy (non-hydrogen) atoms. The lowest BCUT2D eigenvalue weighted by Gasteiger charge is -2.33. The summed E-state index contributed by atoms with van der Waals surface area (Å²) in [5.41, 5.74) is 0.565. The lowest BCUT2D eigenvalue weighted by Crippen LogP contribution is -2.40. The molecule has 1 aliphatic rings. The number of rotatable bonds is 8. The second kappa shape index (κ2) is 11.6. The molecule has 1 saturated carbocycles. The van der Waals surface area contributed by atoms with Gasteiger partial charge in [0, 0.05) is 19.3 Å². The number of fused-ring (bicyclic) bond motifs is 1. The summed E-state index contributed by atoms with van der Waals surface area (Å²) in [6.45, 7) is 8.77. The van der Waals surface area contributed by atoms with Crippen LogP contribution in [0, 0.1) is 11.8 Å². The normalized spacial score (nSPS) is 18.1. The van der Waals surface area contributed by atoms with Gasteiger partial charge in [-0.15, -0.1) is 0 Å². The average Bonchev–Trinajstić information content (AvgIpc) is 3.21. The minimum Gasteiger partial charge on any atom is -0.444 e. The molecular formula is C26H36F5N5O3. The number of carbonyl (C=O) groups excluding carboxylic acids is 2. The number of imidazole rings is 1. The van der Waals surface area contributed by atoms with E-state index in [2.05, 4.69) is 20.7 Å². The van der Waals surface area contributed by atoms with Crippen LogP contribution >= 0.6 is 0 Å². The van der Waals surface area contributed by atoms with Crippen molar-refractivity contribution in [1.29, 1.82) is 0 Å². The topological polar surface area (TPSA) is 97.6 Å². The van der Waals surface area contributed by atoms with Crippen LogP contribution in [0.4, 0.5) is 26.7 Å². The number of aromatic nitrogens is 3. The van der Waals surface area contributed by atoms with E-state index < -0.39 is 54.6 Å². The van der Waals surface area contributed by atoms with Gasteiger partial charge in [0.25, 0.3) is 0 Å². The van der Waals surface area contributed by atoms with Crippen molar-refractivity contribution in [3.63, 3.8) is 0 Å². The Morgan fingerprint density at radius 1 is 1.15 bits per heavy atom. The summed E-state index contributed by atoms with van der Waals surface area (Å²) in [4.78, 5) is 29.4. The Morgan fingerprint density at radius 3 is 2.36 bits per heavy atom. The van der Waals surface area contributed by atoms with Crippen LogP contribution in [0.1, 0.15) is 96.5 Å². The van der Waals surface area contributed by atoms with Gasteiger partial charge in [0.15, 0.2) is 5.65 Å². The molecule has 218 valence electrons. The Bertz CT molecular complexity index is 1150. The molecule has 2 N–H and O–H groups in total. The number of alkyl halides is 5. The summed E-state index contributed by atoms with van der Waals surface area (Å²) in [6, 6.07) is 0.341. The summed E-state index contributed by atoms with van der Waals surface area (Å²) < 4.78 is 72.2. The van der Waals surface area contributed by atoms with Crippen LogP contribution < -0.4 is 10.6 Å². The van der Waals surface area contributed by atoms with Crippen molar-refractivity contribution in [1.82, 2.24) is 25.2 Å². The molecule has 2 atom stereocenters. The largest absolute Gasteiger partial charge is 0.444 e. The first kappa shape index (κ1) is 30.6. The van der Waals surface area contributed by atoms with E-state index in [-0.39, 0.29) is 37.5 Å². The second-order valence-corrected chi connectivity index (χ2v) is 11.5. The number of halogens is 5. The van der Waals surface area contributed by atoms with Gasteiger partial charge >= 0.3 is 12.3 Å². The van der Waals surface area contributed by atoms with Crippen LogP contribution in [-0.2, 0) is 9.53 Å². The fraction of sp³-hybridized carbons (Fsp3) is 0.692. The molecule has 0 aliphatic heterocycles. The van der Waals surface area contributed by atoms with E-state index >= 15 is 0 Å². The highest BCUT2D eigenvalue weighted by atomic mass is 19.4. The predicted octanol–water partition coefficient (Wildman–Crippen LogP) is 6.28. The minimum absolute atomic E-state index is 0.163. The van der Waals surface area contributed by atoms with Crippen molar-refractivity contribution in [2.24, 2.45) is 11.8 Å². The zero-order valence-electron chi connectivity index (χ0n) is 22.7. The van der Waals surface area contributed by atoms with Crippen LogP contribution in [0.5, 0.6) is 0 Å². The number of hydrogen-bond acceptors (Lipinski definition) is 5. The van der Waals surface area contributed by atoms with Crippen molar-refractivity contribution in [3.05, 3.63) is 29.7 Å². The van der Waals surface area contributed by atoms with E-state index in [0.717, 1.165) is 0 Å². The third-order valence-corrected chi connectivity index (χ3v) is 6.56. The lowest BCUT2D eigenvalue weighted by molar-refractivity contribution is -0.144. The number of alkyl carbamates (subject to hydrolysis) is 1. The van der Waals surface area contributed by atoms with E-state index in [0.29, 0.717) is 16.9 Å². The number of nitrogens with zero attached hydrogens (tertiary/aromatic N) is 3. The standard InChI is InChI=1S/C26H36F5N5O3/c1-15(2)21(34-20(37)8-11-26(29,30)31)17-12-19-33-18(14-36(19)32-13-17)22(35-23(38)39-24(3,4)5)16-6-9-25(27,28)10-7-16/h12-16,21-22H,6-11H2,1-5H3,(H,34,37)(H,35,38)/t21-,22+/m1/s1. The van der Waals surface area contributed by atoms with Gasteiger partial charge < -0.3 is 15.4 Å². The molecule has 2 aromatic heterocycles. The van der Waals surface area contributed by atoms with E-state index in [9.17, 15) is 31.5 Å². The third-order valence-electron chi connectivity index (χ3n) is 6.56. The van der Waals surface area contributed by atoms with Crippen molar-refractivity contribution in [2.45, 2.75) is 103 Å². The number of nitrogens with one attached hydrogen (secondary N) is 2. The predicted molar refractivity (Wildman–Crippen MR) is 133 cm³/mol. The van der Waals surface area contributed by atoms with Crippen LogP contribution in [0.2, 0.25) is 0 Å². The monoisotopic (exact) mass is 561 g/mol. The molecule has 0 saturated heterocycles. The Kier molecular flexibility index (Phi) is 9.11. The molecular weight excluding hydrogens is 525 g/mol. The molecule has 0 aromatic carbocycles. The number of amides is 2. The molecule has 13 heteroatoms. The smallest absolute Gasteiger partial charge is 0.408 e. The van der Waals surface area contributed by atoms with Crippen LogP contribution in [0.3, 0.4) is 0 Å². The quantitative estimate of drug-likeness (QED) is 0.370.